The third kappa shape index (κ3) is 5.01. The Morgan fingerprint density at radius 3 is 2.26 bits per heavy atom. The van der Waals surface area contributed by atoms with Crippen LogP contribution in [0.2, 0.25) is 0 Å². The molecule has 0 aromatic heterocycles. The quantitative estimate of drug-likeness (QED) is 0.682. The van der Waals surface area contributed by atoms with Gasteiger partial charge in [0.2, 0.25) is 15.9 Å². The highest BCUT2D eigenvalue weighted by atomic mass is 32.2. The van der Waals surface area contributed by atoms with Crippen molar-refractivity contribution in [3.8, 4) is 0 Å². The molecule has 0 aliphatic carbocycles. The number of carbonyl (C=O) groups excluding carboxylic acids is 1. The molecule has 8 heteroatoms. The lowest BCUT2D eigenvalue weighted by molar-refractivity contribution is -0.132. The van der Waals surface area contributed by atoms with Crippen molar-refractivity contribution in [1.82, 2.24) is 4.90 Å². The molecule has 1 saturated heterocycles. The van der Waals surface area contributed by atoms with Crippen molar-refractivity contribution in [2.24, 2.45) is 0 Å². The first kappa shape index (κ1) is 23.1. The minimum absolute atomic E-state index is 0.223. The van der Waals surface area contributed by atoms with Gasteiger partial charge < -0.3 is 9.80 Å². The van der Waals surface area contributed by atoms with E-state index in [1.54, 1.807) is 29.2 Å². The molecule has 31 heavy (non-hydrogen) atoms. The predicted molar refractivity (Wildman–Crippen MR) is 123 cm³/mol. The topological polar surface area (TPSA) is 60.9 Å². The summed E-state index contributed by atoms with van der Waals surface area (Å²) in [6.07, 6.45) is 1.49. The molecule has 0 spiro atoms. The summed E-state index contributed by atoms with van der Waals surface area (Å²) in [5.74, 6) is -0.508. The highest BCUT2D eigenvalue weighted by Crippen LogP contribution is 2.27. The van der Waals surface area contributed by atoms with Gasteiger partial charge in [0.15, 0.2) is 0 Å². The Morgan fingerprint density at radius 1 is 1.06 bits per heavy atom. The molecule has 1 atom stereocenters. The van der Waals surface area contributed by atoms with Crippen molar-refractivity contribution in [3.63, 3.8) is 0 Å². The Balaban J connectivity index is 1.81. The molecular weight excluding hydrogens is 417 g/mol. The maximum atomic E-state index is 14.1. The van der Waals surface area contributed by atoms with Crippen molar-refractivity contribution in [2.45, 2.75) is 33.2 Å². The Bertz CT molecular complexity index is 1050. The van der Waals surface area contributed by atoms with Gasteiger partial charge in [0.25, 0.3) is 0 Å². The Hall–Kier alpha value is -2.61. The molecule has 2 aromatic carbocycles. The average Bonchev–Trinajstić information content (AvgIpc) is 2.73. The van der Waals surface area contributed by atoms with Gasteiger partial charge >= 0.3 is 0 Å². The van der Waals surface area contributed by atoms with Crippen LogP contribution in [0.15, 0.2) is 42.5 Å². The molecule has 2 aromatic rings. The molecule has 0 radical (unpaired) electrons. The first-order valence-corrected chi connectivity index (χ1v) is 12.3. The summed E-state index contributed by atoms with van der Waals surface area (Å²) >= 11 is 0. The van der Waals surface area contributed by atoms with Gasteiger partial charge in [-0.1, -0.05) is 25.1 Å². The van der Waals surface area contributed by atoms with Gasteiger partial charge in [0.05, 0.1) is 17.6 Å². The third-order valence-corrected chi connectivity index (χ3v) is 7.02. The summed E-state index contributed by atoms with van der Waals surface area (Å²) < 4.78 is 40.7. The fraction of sp³-hybridized carbons (Fsp3) is 0.435. The van der Waals surface area contributed by atoms with Gasteiger partial charge in [-0.3, -0.25) is 9.10 Å². The molecule has 1 aliphatic heterocycles. The smallest absolute Gasteiger partial charge is 0.246 e. The zero-order chi connectivity index (χ0) is 22.8. The first-order chi connectivity index (χ1) is 14.6. The van der Waals surface area contributed by atoms with Crippen molar-refractivity contribution >= 4 is 27.3 Å². The monoisotopic (exact) mass is 447 g/mol. The minimum atomic E-state index is -3.68. The largest absolute Gasteiger partial charge is 0.366 e. The van der Waals surface area contributed by atoms with E-state index in [9.17, 15) is 17.6 Å². The number of piperazine rings is 1. The van der Waals surface area contributed by atoms with Gasteiger partial charge in [-0.2, -0.15) is 0 Å². The number of anilines is 2. The maximum absolute atomic E-state index is 14.1. The molecule has 1 amide bonds. The van der Waals surface area contributed by atoms with Crippen LogP contribution in [0.4, 0.5) is 15.8 Å². The zero-order valence-corrected chi connectivity index (χ0v) is 19.3. The number of benzene rings is 2. The maximum Gasteiger partial charge on any atom is 0.246 e. The molecule has 0 bridgehead atoms. The second-order valence-electron chi connectivity index (χ2n) is 8.02. The number of hydrogen-bond donors (Lipinski definition) is 0. The van der Waals surface area contributed by atoms with E-state index in [0.29, 0.717) is 44.0 Å². The van der Waals surface area contributed by atoms with Crippen LogP contribution < -0.4 is 9.21 Å². The van der Waals surface area contributed by atoms with E-state index < -0.39 is 16.1 Å². The fourth-order valence-corrected chi connectivity index (χ4v) is 5.19. The lowest BCUT2D eigenvalue weighted by atomic mass is 10.1. The fourth-order valence-electron chi connectivity index (χ4n) is 3.99. The van der Waals surface area contributed by atoms with Crippen LogP contribution >= 0.6 is 0 Å². The SMILES string of the molecule is CCC(C(=O)N1CCN(c2ccccc2F)CC1)N(c1ccc(C)c(C)c1)S(C)(=O)=O. The van der Waals surface area contributed by atoms with Crippen LogP contribution in [0, 0.1) is 19.7 Å². The van der Waals surface area contributed by atoms with Crippen molar-refractivity contribution < 1.29 is 17.6 Å². The lowest BCUT2D eigenvalue weighted by Gasteiger charge is -2.39. The molecule has 1 unspecified atom stereocenters. The summed E-state index contributed by atoms with van der Waals surface area (Å²) in [6.45, 7) is 7.50. The van der Waals surface area contributed by atoms with Crippen LogP contribution in [0.25, 0.3) is 0 Å². The van der Waals surface area contributed by atoms with Crippen molar-refractivity contribution in [3.05, 3.63) is 59.4 Å². The summed E-state index contributed by atoms with van der Waals surface area (Å²) in [7, 11) is -3.68. The number of hydrogen-bond acceptors (Lipinski definition) is 4. The van der Waals surface area contributed by atoms with Crippen LogP contribution in [0.3, 0.4) is 0 Å². The number of halogens is 1. The Morgan fingerprint density at radius 2 is 1.71 bits per heavy atom. The van der Waals surface area contributed by atoms with Crippen LogP contribution in [-0.2, 0) is 14.8 Å². The van der Waals surface area contributed by atoms with Gasteiger partial charge in [0.1, 0.15) is 11.9 Å². The van der Waals surface area contributed by atoms with Gasteiger partial charge in [-0.15, -0.1) is 0 Å². The van der Waals surface area contributed by atoms with E-state index in [2.05, 4.69) is 0 Å². The zero-order valence-electron chi connectivity index (χ0n) is 18.5. The second-order valence-corrected chi connectivity index (χ2v) is 9.87. The third-order valence-electron chi connectivity index (χ3n) is 5.84. The predicted octanol–water partition coefficient (Wildman–Crippen LogP) is 3.34. The van der Waals surface area contributed by atoms with E-state index in [1.165, 1.54) is 10.4 Å². The van der Waals surface area contributed by atoms with Crippen LogP contribution in [-0.4, -0.2) is 57.7 Å². The number of sulfonamides is 1. The molecular formula is C23H30FN3O3S. The molecule has 1 heterocycles. The summed E-state index contributed by atoms with van der Waals surface area (Å²) in [5, 5.41) is 0. The van der Waals surface area contributed by atoms with Crippen molar-refractivity contribution in [2.75, 3.05) is 41.6 Å². The van der Waals surface area contributed by atoms with E-state index in [1.807, 2.05) is 37.8 Å². The van der Waals surface area contributed by atoms with E-state index >= 15 is 0 Å². The molecule has 1 aliphatic rings. The Labute approximate surface area is 184 Å². The van der Waals surface area contributed by atoms with E-state index in [4.69, 9.17) is 0 Å². The van der Waals surface area contributed by atoms with Crippen LogP contribution in [0.1, 0.15) is 24.5 Å². The van der Waals surface area contributed by atoms with Crippen LogP contribution in [0.5, 0.6) is 0 Å². The molecule has 168 valence electrons. The second kappa shape index (κ2) is 9.26. The minimum Gasteiger partial charge on any atom is -0.366 e. The molecule has 6 nitrogen and oxygen atoms in total. The highest BCUT2D eigenvalue weighted by Gasteiger charge is 2.35. The molecule has 3 rings (SSSR count). The summed E-state index contributed by atoms with van der Waals surface area (Å²) in [6, 6.07) is 11.2. The normalized spacial score (nSPS) is 15.6. The van der Waals surface area contributed by atoms with Crippen molar-refractivity contribution in [1.29, 1.82) is 0 Å². The first-order valence-electron chi connectivity index (χ1n) is 10.5. The number of nitrogens with zero attached hydrogens (tertiary/aromatic N) is 3. The number of rotatable bonds is 6. The molecule has 0 N–H and O–H groups in total. The summed E-state index contributed by atoms with van der Waals surface area (Å²) in [5.41, 5.74) is 3.04. The van der Waals surface area contributed by atoms with E-state index in [-0.39, 0.29) is 11.7 Å². The number of carbonyl (C=O) groups is 1. The number of aryl methyl sites for hydroxylation is 2. The van der Waals surface area contributed by atoms with Gasteiger partial charge in [0, 0.05) is 26.2 Å². The molecule has 0 saturated carbocycles. The lowest BCUT2D eigenvalue weighted by Crippen LogP contribution is -2.56. The average molecular weight is 448 g/mol. The van der Waals surface area contributed by atoms with Gasteiger partial charge in [-0.05, 0) is 55.7 Å². The van der Waals surface area contributed by atoms with E-state index in [0.717, 1.165) is 17.4 Å². The Kier molecular flexibility index (Phi) is 6.89. The summed E-state index contributed by atoms with van der Waals surface area (Å²) in [4.78, 5) is 17.0. The molecule has 1 fully saturated rings. The standard InChI is InChI=1S/C23H30FN3O3S/c1-5-21(27(31(4,29)30)19-11-10-17(2)18(3)16-19)23(28)26-14-12-25(13-15-26)22-9-7-6-8-20(22)24/h6-11,16,21H,5,12-15H2,1-4H3. The number of para-hydroxylation sites is 1. The number of amides is 1. The van der Waals surface area contributed by atoms with Gasteiger partial charge in [-0.25, -0.2) is 12.8 Å². The highest BCUT2D eigenvalue weighted by molar-refractivity contribution is 7.92.